The molecule has 1 rings (SSSR count). The Kier molecular flexibility index (Phi) is 4.63. The van der Waals surface area contributed by atoms with Crippen LogP contribution >= 0.6 is 0 Å². The molecule has 0 heterocycles. The third-order valence-corrected chi connectivity index (χ3v) is 4.63. The Bertz CT molecular complexity index is 302. The Balaban J connectivity index is 2.60. The second-order valence-electron chi connectivity index (χ2n) is 6.97. The van der Waals surface area contributed by atoms with E-state index in [2.05, 4.69) is 59.8 Å². The molecular weight excluding hydrogens is 204 g/mol. The Morgan fingerprint density at radius 3 is 2.18 bits per heavy atom. The number of hydrogen-bond donors (Lipinski definition) is 0. The normalized spacial score (nSPS) is 21.5. The van der Waals surface area contributed by atoms with Crippen LogP contribution in [0.1, 0.15) is 67.2 Å². The van der Waals surface area contributed by atoms with Crippen molar-refractivity contribution in [2.75, 3.05) is 0 Å². The van der Waals surface area contributed by atoms with Crippen molar-refractivity contribution in [3.63, 3.8) is 0 Å². The lowest BCUT2D eigenvalue weighted by atomic mass is 9.74. The second-order valence-corrected chi connectivity index (χ2v) is 6.97. The van der Waals surface area contributed by atoms with Gasteiger partial charge in [0.2, 0.25) is 0 Å². The van der Waals surface area contributed by atoms with Crippen molar-refractivity contribution < 1.29 is 0 Å². The molecule has 1 unspecified atom stereocenters. The minimum Gasteiger partial charge on any atom is -0.0808 e. The summed E-state index contributed by atoms with van der Waals surface area (Å²) >= 11 is 0. The van der Waals surface area contributed by atoms with Crippen LogP contribution in [0.3, 0.4) is 0 Å². The van der Waals surface area contributed by atoms with Gasteiger partial charge in [-0.15, -0.1) is 0 Å². The summed E-state index contributed by atoms with van der Waals surface area (Å²) in [6.07, 6.45) is 12.3. The molecule has 0 aromatic rings. The van der Waals surface area contributed by atoms with Gasteiger partial charge in [-0.2, -0.15) is 0 Å². The van der Waals surface area contributed by atoms with E-state index in [1.54, 1.807) is 0 Å². The Labute approximate surface area is 108 Å². The van der Waals surface area contributed by atoms with Crippen LogP contribution in [-0.2, 0) is 0 Å². The molecule has 17 heavy (non-hydrogen) atoms. The Hall–Kier alpha value is -0.520. The van der Waals surface area contributed by atoms with E-state index in [0.717, 1.165) is 5.92 Å². The number of hydrogen-bond acceptors (Lipinski definition) is 0. The maximum atomic E-state index is 2.47. The first-order valence-corrected chi connectivity index (χ1v) is 7.19. The van der Waals surface area contributed by atoms with Crippen molar-refractivity contribution in [1.82, 2.24) is 0 Å². The molecule has 0 spiro atoms. The van der Waals surface area contributed by atoms with Crippen LogP contribution in [0.25, 0.3) is 0 Å². The molecule has 0 aliphatic heterocycles. The van der Waals surface area contributed by atoms with Crippen molar-refractivity contribution in [3.05, 3.63) is 23.8 Å². The van der Waals surface area contributed by atoms with E-state index >= 15 is 0 Å². The van der Waals surface area contributed by atoms with Crippen LogP contribution in [0.5, 0.6) is 0 Å². The van der Waals surface area contributed by atoms with Gasteiger partial charge in [-0.3, -0.25) is 0 Å². The third kappa shape index (κ3) is 4.01. The van der Waals surface area contributed by atoms with Crippen LogP contribution in [0.2, 0.25) is 0 Å². The fourth-order valence-corrected chi connectivity index (χ4v) is 2.38. The van der Waals surface area contributed by atoms with E-state index in [1.165, 1.54) is 31.3 Å². The molecule has 0 N–H and O–H groups in total. The highest BCUT2D eigenvalue weighted by Crippen LogP contribution is 2.37. The smallest absolute Gasteiger partial charge is 0.0109 e. The molecule has 1 aliphatic rings. The van der Waals surface area contributed by atoms with E-state index in [1.807, 2.05) is 0 Å². The number of rotatable bonds is 5. The maximum Gasteiger partial charge on any atom is -0.0109 e. The molecule has 0 saturated heterocycles. The van der Waals surface area contributed by atoms with E-state index in [4.69, 9.17) is 0 Å². The molecular formula is C17H30. The first kappa shape index (κ1) is 14.5. The fraction of sp³-hybridized carbons (Fsp3) is 0.765. The van der Waals surface area contributed by atoms with Crippen molar-refractivity contribution >= 4 is 0 Å². The summed E-state index contributed by atoms with van der Waals surface area (Å²) in [6.45, 7) is 14.0. The molecule has 0 fully saturated rings. The maximum absolute atomic E-state index is 2.47. The summed E-state index contributed by atoms with van der Waals surface area (Å²) in [7, 11) is 0. The zero-order chi connectivity index (χ0) is 13.1. The highest BCUT2D eigenvalue weighted by molar-refractivity contribution is 5.29. The largest absolute Gasteiger partial charge is 0.0808 e. The van der Waals surface area contributed by atoms with Gasteiger partial charge >= 0.3 is 0 Å². The first-order chi connectivity index (χ1) is 7.80. The van der Waals surface area contributed by atoms with E-state index in [0.29, 0.717) is 10.8 Å². The standard InChI is InChI=1S/C17H30/c1-7-16(3,4)13-14-9-11-15(12-10-14)17(5,6)8-2/h9,11-12,14H,7-8,10,13H2,1-6H3. The zero-order valence-electron chi connectivity index (χ0n) is 12.6. The molecule has 0 saturated carbocycles. The molecule has 0 nitrogen and oxygen atoms in total. The lowest BCUT2D eigenvalue weighted by Crippen LogP contribution is -2.18. The minimum absolute atomic E-state index is 0.349. The third-order valence-electron chi connectivity index (χ3n) is 4.63. The van der Waals surface area contributed by atoms with Crippen molar-refractivity contribution in [2.24, 2.45) is 16.7 Å². The van der Waals surface area contributed by atoms with E-state index < -0.39 is 0 Å². The predicted molar refractivity (Wildman–Crippen MR) is 78.1 cm³/mol. The molecule has 0 heteroatoms. The van der Waals surface area contributed by atoms with Gasteiger partial charge in [0.15, 0.2) is 0 Å². The van der Waals surface area contributed by atoms with Crippen LogP contribution < -0.4 is 0 Å². The fourth-order valence-electron chi connectivity index (χ4n) is 2.38. The second kappa shape index (κ2) is 5.42. The summed E-state index contributed by atoms with van der Waals surface area (Å²) in [5, 5.41) is 0. The summed E-state index contributed by atoms with van der Waals surface area (Å²) in [6, 6.07) is 0. The van der Waals surface area contributed by atoms with Gasteiger partial charge in [0.1, 0.15) is 0 Å². The summed E-state index contributed by atoms with van der Waals surface area (Å²) in [4.78, 5) is 0. The van der Waals surface area contributed by atoms with Gasteiger partial charge in [-0.1, -0.05) is 66.2 Å². The van der Waals surface area contributed by atoms with Gasteiger partial charge in [0.25, 0.3) is 0 Å². The molecule has 98 valence electrons. The molecule has 1 atom stereocenters. The quantitative estimate of drug-likeness (QED) is 0.568. The minimum atomic E-state index is 0.349. The lowest BCUT2D eigenvalue weighted by Gasteiger charge is -2.31. The average Bonchev–Trinajstić information content (AvgIpc) is 2.29. The lowest BCUT2D eigenvalue weighted by molar-refractivity contribution is 0.280. The molecule has 0 radical (unpaired) electrons. The number of allylic oxidation sites excluding steroid dienone is 4. The van der Waals surface area contributed by atoms with Gasteiger partial charge in [-0.25, -0.2) is 0 Å². The zero-order valence-corrected chi connectivity index (χ0v) is 12.6. The van der Waals surface area contributed by atoms with E-state index in [9.17, 15) is 0 Å². The Morgan fingerprint density at radius 2 is 1.76 bits per heavy atom. The van der Waals surface area contributed by atoms with Gasteiger partial charge in [-0.05, 0) is 41.6 Å². The molecule has 0 bridgehead atoms. The molecule has 1 aliphatic carbocycles. The summed E-state index contributed by atoms with van der Waals surface area (Å²) in [5.74, 6) is 0.751. The van der Waals surface area contributed by atoms with Crippen LogP contribution in [0.15, 0.2) is 23.8 Å². The monoisotopic (exact) mass is 234 g/mol. The molecule has 0 aromatic carbocycles. The average molecular weight is 234 g/mol. The van der Waals surface area contributed by atoms with Crippen molar-refractivity contribution in [3.8, 4) is 0 Å². The van der Waals surface area contributed by atoms with Crippen LogP contribution in [0.4, 0.5) is 0 Å². The highest BCUT2D eigenvalue weighted by atomic mass is 14.3. The summed E-state index contributed by atoms with van der Waals surface area (Å²) in [5.41, 5.74) is 2.37. The van der Waals surface area contributed by atoms with Crippen molar-refractivity contribution in [1.29, 1.82) is 0 Å². The summed E-state index contributed by atoms with van der Waals surface area (Å²) < 4.78 is 0. The van der Waals surface area contributed by atoms with E-state index in [-0.39, 0.29) is 0 Å². The predicted octanol–water partition coefficient (Wildman–Crippen LogP) is 5.75. The van der Waals surface area contributed by atoms with Gasteiger partial charge < -0.3 is 0 Å². The molecule has 0 amide bonds. The van der Waals surface area contributed by atoms with Gasteiger partial charge in [0, 0.05) is 0 Å². The Morgan fingerprint density at radius 1 is 1.12 bits per heavy atom. The van der Waals surface area contributed by atoms with Crippen LogP contribution in [-0.4, -0.2) is 0 Å². The molecule has 0 aromatic heterocycles. The van der Waals surface area contributed by atoms with Crippen LogP contribution in [0, 0.1) is 16.7 Å². The van der Waals surface area contributed by atoms with Gasteiger partial charge in [0.05, 0.1) is 0 Å². The SMILES string of the molecule is CCC(C)(C)CC1C=CC(C(C)(C)CC)=CC1. The topological polar surface area (TPSA) is 0 Å². The first-order valence-electron chi connectivity index (χ1n) is 7.19. The highest BCUT2D eigenvalue weighted by Gasteiger charge is 2.24. The van der Waals surface area contributed by atoms with Crippen molar-refractivity contribution in [2.45, 2.75) is 67.2 Å².